The van der Waals surface area contributed by atoms with Gasteiger partial charge in [-0.05, 0) is 73.9 Å². The van der Waals surface area contributed by atoms with E-state index in [1.807, 2.05) is 0 Å². The zero-order chi connectivity index (χ0) is 14.8. The summed E-state index contributed by atoms with van der Waals surface area (Å²) in [7, 11) is 0. The number of benzene rings is 1. The van der Waals surface area contributed by atoms with Crippen molar-refractivity contribution in [1.29, 1.82) is 0 Å². The molecule has 0 saturated heterocycles. The Balaban J connectivity index is 3.47. The first-order valence-corrected chi connectivity index (χ1v) is 7.56. The summed E-state index contributed by atoms with van der Waals surface area (Å²) in [6.45, 7) is 19.2. The fourth-order valence-corrected chi connectivity index (χ4v) is 2.86. The average Bonchev–Trinajstić information content (AvgIpc) is 2.35. The van der Waals surface area contributed by atoms with Crippen molar-refractivity contribution in [3.8, 4) is 0 Å². The molecule has 1 heteroatoms. The van der Waals surface area contributed by atoms with E-state index in [0.717, 1.165) is 6.54 Å². The van der Waals surface area contributed by atoms with E-state index in [1.54, 1.807) is 0 Å². The molecule has 1 aromatic carbocycles. The van der Waals surface area contributed by atoms with Crippen molar-refractivity contribution in [3.05, 3.63) is 33.9 Å². The van der Waals surface area contributed by atoms with Crippen LogP contribution in [0.15, 0.2) is 6.07 Å². The highest BCUT2D eigenvalue weighted by atomic mass is 14.9. The Labute approximate surface area is 119 Å². The van der Waals surface area contributed by atoms with Crippen molar-refractivity contribution < 1.29 is 0 Å². The summed E-state index contributed by atoms with van der Waals surface area (Å²) >= 11 is 0. The minimum absolute atomic E-state index is 0.270. The van der Waals surface area contributed by atoms with Crippen LogP contribution in [-0.2, 0) is 0 Å². The predicted molar refractivity (Wildman–Crippen MR) is 85.9 cm³/mol. The lowest BCUT2D eigenvalue weighted by molar-refractivity contribution is 0.236. The van der Waals surface area contributed by atoms with Gasteiger partial charge >= 0.3 is 0 Å². The smallest absolute Gasteiger partial charge is 0.0377 e. The van der Waals surface area contributed by atoms with Gasteiger partial charge in [-0.15, -0.1) is 0 Å². The van der Waals surface area contributed by atoms with Crippen LogP contribution in [0.1, 0.15) is 68.0 Å². The van der Waals surface area contributed by atoms with E-state index in [2.05, 4.69) is 66.8 Å². The molecule has 0 aliphatic rings. The highest BCUT2D eigenvalue weighted by Gasteiger charge is 2.31. The second-order valence-electron chi connectivity index (χ2n) is 6.51. The summed E-state index contributed by atoms with van der Waals surface area (Å²) < 4.78 is 0. The van der Waals surface area contributed by atoms with Gasteiger partial charge in [0, 0.05) is 6.04 Å². The first kappa shape index (κ1) is 16.2. The number of rotatable bonds is 5. The number of aryl methyl sites for hydroxylation is 2. The van der Waals surface area contributed by atoms with Gasteiger partial charge in [0.2, 0.25) is 0 Å². The zero-order valence-electron chi connectivity index (χ0n) is 14.1. The fourth-order valence-electron chi connectivity index (χ4n) is 2.86. The van der Waals surface area contributed by atoms with Crippen LogP contribution in [0.4, 0.5) is 0 Å². The predicted octanol–water partition coefficient (Wildman–Crippen LogP) is 5.01. The maximum atomic E-state index is 3.73. The van der Waals surface area contributed by atoms with Gasteiger partial charge in [-0.1, -0.05) is 33.8 Å². The van der Waals surface area contributed by atoms with Crippen LogP contribution in [0, 0.1) is 33.1 Å². The molecule has 0 bridgehead atoms. The third kappa shape index (κ3) is 3.20. The van der Waals surface area contributed by atoms with Crippen LogP contribution < -0.4 is 5.32 Å². The zero-order valence-corrected chi connectivity index (χ0v) is 14.1. The van der Waals surface area contributed by atoms with Crippen molar-refractivity contribution in [1.82, 2.24) is 5.32 Å². The van der Waals surface area contributed by atoms with Crippen LogP contribution >= 0.6 is 0 Å². The van der Waals surface area contributed by atoms with Crippen LogP contribution in [0.3, 0.4) is 0 Å². The van der Waals surface area contributed by atoms with E-state index in [1.165, 1.54) is 34.2 Å². The van der Waals surface area contributed by atoms with Crippen LogP contribution in [0.2, 0.25) is 0 Å². The fraction of sp³-hybridized carbons (Fsp3) is 0.667. The molecule has 1 aromatic rings. The lowest BCUT2D eigenvalue weighted by Crippen LogP contribution is -2.35. The van der Waals surface area contributed by atoms with Crippen molar-refractivity contribution in [2.24, 2.45) is 5.41 Å². The molecule has 0 aliphatic heterocycles. The highest BCUT2D eigenvalue weighted by molar-refractivity contribution is 5.46. The molecule has 0 amide bonds. The molecule has 0 saturated carbocycles. The molecule has 0 aromatic heterocycles. The highest BCUT2D eigenvalue weighted by Crippen LogP contribution is 2.40. The van der Waals surface area contributed by atoms with E-state index in [0.29, 0.717) is 6.04 Å². The largest absolute Gasteiger partial charge is 0.310 e. The van der Waals surface area contributed by atoms with Gasteiger partial charge in [0.05, 0.1) is 0 Å². The number of nitrogens with one attached hydrogen (secondary N) is 1. The van der Waals surface area contributed by atoms with E-state index in [4.69, 9.17) is 0 Å². The summed E-state index contributed by atoms with van der Waals surface area (Å²) in [6.07, 6.45) is 1.18. The van der Waals surface area contributed by atoms with Crippen LogP contribution in [0.5, 0.6) is 0 Å². The lowest BCUT2D eigenvalue weighted by Gasteiger charge is -2.37. The average molecular weight is 261 g/mol. The molecule has 0 heterocycles. The second kappa shape index (κ2) is 6.09. The third-order valence-corrected chi connectivity index (χ3v) is 4.81. The maximum absolute atomic E-state index is 3.73. The quantitative estimate of drug-likeness (QED) is 0.786. The molecule has 0 spiro atoms. The van der Waals surface area contributed by atoms with Crippen molar-refractivity contribution >= 4 is 0 Å². The van der Waals surface area contributed by atoms with Gasteiger partial charge in [-0.3, -0.25) is 0 Å². The van der Waals surface area contributed by atoms with Crippen molar-refractivity contribution in [2.45, 2.75) is 67.9 Å². The molecule has 0 aliphatic carbocycles. The molecule has 1 atom stereocenters. The molecule has 1 rings (SSSR count). The summed E-state index contributed by atoms with van der Waals surface area (Å²) in [5.74, 6) is 0. The standard InChI is InChI=1S/C18H31N/c1-9-18(7,8)17(19-10-2)16-14(5)12(3)11-13(4)15(16)6/h11,17,19H,9-10H2,1-8H3. The van der Waals surface area contributed by atoms with Gasteiger partial charge in [-0.2, -0.15) is 0 Å². The minimum atomic E-state index is 0.270. The maximum Gasteiger partial charge on any atom is 0.0377 e. The first-order valence-electron chi connectivity index (χ1n) is 7.56. The molecule has 1 nitrogen and oxygen atoms in total. The Morgan fingerprint density at radius 3 is 1.84 bits per heavy atom. The summed E-state index contributed by atoms with van der Waals surface area (Å²) in [5, 5.41) is 3.73. The van der Waals surface area contributed by atoms with Gasteiger partial charge in [0.25, 0.3) is 0 Å². The first-order chi connectivity index (χ1) is 8.76. The molecule has 108 valence electrons. The number of hydrogen-bond donors (Lipinski definition) is 1. The molecule has 1 unspecified atom stereocenters. The van der Waals surface area contributed by atoms with E-state index in [-0.39, 0.29) is 5.41 Å². The Kier molecular flexibility index (Phi) is 5.20. The molecular weight excluding hydrogens is 230 g/mol. The summed E-state index contributed by atoms with van der Waals surface area (Å²) in [6, 6.07) is 2.75. The number of hydrogen-bond acceptors (Lipinski definition) is 1. The minimum Gasteiger partial charge on any atom is -0.310 e. The molecular formula is C18H31N. The van der Waals surface area contributed by atoms with Gasteiger partial charge in [0.1, 0.15) is 0 Å². The normalized spacial score (nSPS) is 13.7. The molecule has 0 fully saturated rings. The molecule has 1 N–H and O–H groups in total. The third-order valence-electron chi connectivity index (χ3n) is 4.81. The second-order valence-corrected chi connectivity index (χ2v) is 6.51. The Morgan fingerprint density at radius 1 is 1.00 bits per heavy atom. The Morgan fingerprint density at radius 2 is 1.47 bits per heavy atom. The van der Waals surface area contributed by atoms with E-state index >= 15 is 0 Å². The SMILES string of the molecule is CCNC(c1c(C)c(C)cc(C)c1C)C(C)(C)CC. The Bertz CT molecular complexity index is 417. The monoisotopic (exact) mass is 261 g/mol. The topological polar surface area (TPSA) is 12.0 Å². The van der Waals surface area contributed by atoms with Gasteiger partial charge in [0.15, 0.2) is 0 Å². The Hall–Kier alpha value is -0.820. The van der Waals surface area contributed by atoms with Crippen LogP contribution in [0.25, 0.3) is 0 Å². The van der Waals surface area contributed by atoms with Gasteiger partial charge in [-0.25, -0.2) is 0 Å². The van der Waals surface area contributed by atoms with Gasteiger partial charge < -0.3 is 5.32 Å². The summed E-state index contributed by atoms with van der Waals surface area (Å²) in [5.41, 5.74) is 7.52. The molecule has 19 heavy (non-hydrogen) atoms. The van der Waals surface area contributed by atoms with Crippen molar-refractivity contribution in [3.63, 3.8) is 0 Å². The van der Waals surface area contributed by atoms with Crippen LogP contribution in [-0.4, -0.2) is 6.54 Å². The molecule has 0 radical (unpaired) electrons. The summed E-state index contributed by atoms with van der Waals surface area (Å²) in [4.78, 5) is 0. The van der Waals surface area contributed by atoms with E-state index in [9.17, 15) is 0 Å². The van der Waals surface area contributed by atoms with E-state index < -0.39 is 0 Å². The lowest BCUT2D eigenvalue weighted by atomic mass is 9.74. The van der Waals surface area contributed by atoms with Crippen molar-refractivity contribution in [2.75, 3.05) is 6.54 Å².